The Labute approximate surface area is 202 Å². The van der Waals surface area contributed by atoms with Crippen LogP contribution in [0.3, 0.4) is 0 Å². The van der Waals surface area contributed by atoms with Crippen LogP contribution in [0, 0.1) is 13.8 Å². The molecule has 4 rings (SSSR count). The SMILES string of the molecule is Cc1cc(/C=C(\Sc2nnc(-c3ccc(Cl)cc3)o2)C(=O)O)c(C)n1-c1ccc(Br)cc1. The van der Waals surface area contributed by atoms with E-state index in [1.807, 2.05) is 44.2 Å². The Morgan fingerprint density at radius 2 is 1.81 bits per heavy atom. The van der Waals surface area contributed by atoms with Crippen molar-refractivity contribution in [2.45, 2.75) is 19.1 Å². The number of nitrogens with zero attached hydrogens (tertiary/aromatic N) is 3. The summed E-state index contributed by atoms with van der Waals surface area (Å²) in [4.78, 5) is 12.0. The van der Waals surface area contributed by atoms with E-state index in [1.165, 1.54) is 0 Å². The Balaban J connectivity index is 1.63. The first-order valence-corrected chi connectivity index (χ1v) is 11.5. The quantitative estimate of drug-likeness (QED) is 0.219. The highest BCUT2D eigenvalue weighted by Gasteiger charge is 2.18. The average molecular weight is 531 g/mol. The lowest BCUT2D eigenvalue weighted by atomic mass is 10.2. The van der Waals surface area contributed by atoms with Gasteiger partial charge in [-0.3, -0.25) is 0 Å². The van der Waals surface area contributed by atoms with Crippen molar-refractivity contribution in [1.82, 2.24) is 14.8 Å². The van der Waals surface area contributed by atoms with Crippen molar-refractivity contribution in [2.24, 2.45) is 0 Å². The van der Waals surface area contributed by atoms with E-state index >= 15 is 0 Å². The van der Waals surface area contributed by atoms with Gasteiger partial charge in [-0.05, 0) is 91.8 Å². The molecule has 0 unspecified atom stereocenters. The number of carbonyl (C=O) groups is 1. The summed E-state index contributed by atoms with van der Waals surface area (Å²) >= 11 is 10.3. The second-order valence-electron chi connectivity index (χ2n) is 6.93. The van der Waals surface area contributed by atoms with E-state index in [0.29, 0.717) is 16.5 Å². The molecule has 0 spiro atoms. The fourth-order valence-corrected chi connectivity index (χ4v) is 4.31. The van der Waals surface area contributed by atoms with Crippen LogP contribution in [0.4, 0.5) is 0 Å². The van der Waals surface area contributed by atoms with Crippen LogP contribution in [-0.2, 0) is 4.79 Å². The van der Waals surface area contributed by atoms with Crippen LogP contribution in [0.5, 0.6) is 0 Å². The maximum absolute atomic E-state index is 11.9. The van der Waals surface area contributed by atoms with Gasteiger partial charge in [-0.1, -0.05) is 27.5 Å². The van der Waals surface area contributed by atoms with Gasteiger partial charge in [0.1, 0.15) is 4.91 Å². The largest absolute Gasteiger partial charge is 0.477 e. The number of hydrogen-bond donors (Lipinski definition) is 1. The summed E-state index contributed by atoms with van der Waals surface area (Å²) in [6, 6.07) is 16.8. The van der Waals surface area contributed by atoms with Gasteiger partial charge in [-0.15, -0.1) is 10.2 Å². The smallest absolute Gasteiger partial charge is 0.342 e. The lowest BCUT2D eigenvalue weighted by Gasteiger charge is -2.09. The summed E-state index contributed by atoms with van der Waals surface area (Å²) in [5.41, 5.74) is 4.42. The molecule has 0 aliphatic carbocycles. The van der Waals surface area contributed by atoms with E-state index in [-0.39, 0.29) is 10.1 Å². The van der Waals surface area contributed by atoms with E-state index < -0.39 is 5.97 Å². The zero-order valence-corrected chi connectivity index (χ0v) is 20.2. The molecule has 6 nitrogen and oxygen atoms in total. The van der Waals surface area contributed by atoms with Gasteiger partial charge in [0.25, 0.3) is 5.22 Å². The standard InChI is InChI=1S/C23H17BrClN3O3S/c1-13-11-16(14(2)28(13)19-9-5-17(24)6-10-19)12-20(22(29)30)32-23-27-26-21(31-23)15-3-7-18(25)8-4-15/h3-12H,1-2H3,(H,29,30)/b20-12-. The van der Waals surface area contributed by atoms with E-state index in [0.717, 1.165) is 38.9 Å². The highest BCUT2D eigenvalue weighted by atomic mass is 79.9. The predicted molar refractivity (Wildman–Crippen MR) is 129 cm³/mol. The lowest BCUT2D eigenvalue weighted by molar-refractivity contribution is -0.131. The molecule has 0 atom stereocenters. The van der Waals surface area contributed by atoms with Crippen molar-refractivity contribution in [3.8, 4) is 17.1 Å². The van der Waals surface area contributed by atoms with Gasteiger partial charge in [0.15, 0.2) is 0 Å². The first kappa shape index (κ1) is 22.4. The molecule has 4 aromatic rings. The number of rotatable bonds is 6. The molecule has 0 bridgehead atoms. The minimum absolute atomic E-state index is 0.0763. The summed E-state index contributed by atoms with van der Waals surface area (Å²) in [5.74, 6) is -0.781. The molecule has 162 valence electrons. The number of carboxylic acids is 1. The van der Waals surface area contributed by atoms with Gasteiger partial charge in [0.05, 0.1) is 0 Å². The van der Waals surface area contributed by atoms with E-state index in [1.54, 1.807) is 30.3 Å². The fourth-order valence-electron chi connectivity index (χ4n) is 3.25. The molecule has 2 aromatic heterocycles. The molecule has 0 aliphatic heterocycles. The van der Waals surface area contributed by atoms with Crippen LogP contribution >= 0.6 is 39.3 Å². The number of aryl methyl sites for hydroxylation is 1. The Morgan fingerprint density at radius 1 is 1.12 bits per heavy atom. The summed E-state index contributed by atoms with van der Waals surface area (Å²) < 4.78 is 8.72. The van der Waals surface area contributed by atoms with Gasteiger partial charge in [-0.2, -0.15) is 0 Å². The topological polar surface area (TPSA) is 81.2 Å². The minimum Gasteiger partial charge on any atom is -0.477 e. The number of benzene rings is 2. The fraction of sp³-hybridized carbons (Fsp3) is 0.0870. The molecule has 0 fully saturated rings. The van der Waals surface area contributed by atoms with Gasteiger partial charge in [-0.25, -0.2) is 4.79 Å². The average Bonchev–Trinajstić information content (AvgIpc) is 3.33. The number of halogens is 2. The second-order valence-corrected chi connectivity index (χ2v) is 9.28. The third-order valence-corrected chi connectivity index (χ3v) is 6.38. The Bertz CT molecular complexity index is 1310. The van der Waals surface area contributed by atoms with Crippen molar-refractivity contribution >= 4 is 51.3 Å². The lowest BCUT2D eigenvalue weighted by Crippen LogP contribution is -1.99. The van der Waals surface area contributed by atoms with Crippen LogP contribution in [0.2, 0.25) is 5.02 Å². The van der Waals surface area contributed by atoms with E-state index in [4.69, 9.17) is 16.0 Å². The summed E-state index contributed by atoms with van der Waals surface area (Å²) in [6.45, 7) is 3.94. The predicted octanol–water partition coefficient (Wildman–Crippen LogP) is 6.78. The van der Waals surface area contributed by atoms with Gasteiger partial charge in [0.2, 0.25) is 5.89 Å². The van der Waals surface area contributed by atoms with Crippen molar-refractivity contribution < 1.29 is 14.3 Å². The highest BCUT2D eigenvalue weighted by Crippen LogP contribution is 2.32. The minimum atomic E-state index is -1.07. The summed E-state index contributed by atoms with van der Waals surface area (Å²) in [7, 11) is 0. The van der Waals surface area contributed by atoms with Crippen LogP contribution in [0.1, 0.15) is 17.0 Å². The van der Waals surface area contributed by atoms with E-state index in [9.17, 15) is 9.90 Å². The molecule has 0 radical (unpaired) electrons. The Morgan fingerprint density at radius 3 is 2.47 bits per heavy atom. The maximum Gasteiger partial charge on any atom is 0.342 e. The monoisotopic (exact) mass is 529 g/mol. The Hall–Kier alpha value is -2.81. The summed E-state index contributed by atoms with van der Waals surface area (Å²) in [6.07, 6.45) is 1.62. The van der Waals surface area contributed by atoms with Crippen LogP contribution < -0.4 is 0 Å². The summed E-state index contributed by atoms with van der Waals surface area (Å²) in [5, 5.41) is 18.5. The van der Waals surface area contributed by atoms with Crippen LogP contribution in [0.25, 0.3) is 23.2 Å². The molecule has 2 heterocycles. The molecule has 0 amide bonds. The third kappa shape index (κ3) is 4.82. The third-order valence-electron chi connectivity index (χ3n) is 4.75. The molecule has 32 heavy (non-hydrogen) atoms. The normalized spacial score (nSPS) is 11.7. The highest BCUT2D eigenvalue weighted by molar-refractivity contribution is 9.10. The number of carboxylic acid groups (broad SMARTS) is 1. The first-order valence-electron chi connectivity index (χ1n) is 9.49. The van der Waals surface area contributed by atoms with Crippen LogP contribution in [-0.4, -0.2) is 25.8 Å². The Kier molecular flexibility index (Phi) is 6.55. The molecule has 0 aliphatic rings. The molecule has 0 saturated heterocycles. The van der Waals surface area contributed by atoms with Crippen molar-refractivity contribution in [2.75, 3.05) is 0 Å². The van der Waals surface area contributed by atoms with Gasteiger partial charge < -0.3 is 14.1 Å². The number of aromatic nitrogens is 3. The molecule has 1 N–H and O–H groups in total. The van der Waals surface area contributed by atoms with E-state index in [2.05, 4.69) is 30.7 Å². The van der Waals surface area contributed by atoms with Gasteiger partial charge >= 0.3 is 5.97 Å². The van der Waals surface area contributed by atoms with Crippen LogP contribution in [0.15, 0.2) is 73.6 Å². The number of hydrogen-bond acceptors (Lipinski definition) is 5. The molecule has 9 heteroatoms. The number of thioether (sulfide) groups is 1. The van der Waals surface area contributed by atoms with Crippen molar-refractivity contribution in [1.29, 1.82) is 0 Å². The van der Waals surface area contributed by atoms with Gasteiger partial charge in [0, 0.05) is 32.1 Å². The zero-order chi connectivity index (χ0) is 22.8. The number of aliphatic carboxylic acids is 1. The molecular weight excluding hydrogens is 514 g/mol. The molecule has 2 aromatic carbocycles. The van der Waals surface area contributed by atoms with Crippen molar-refractivity contribution in [3.63, 3.8) is 0 Å². The second kappa shape index (κ2) is 9.36. The van der Waals surface area contributed by atoms with Crippen molar-refractivity contribution in [3.05, 3.63) is 85.9 Å². The first-order chi connectivity index (χ1) is 15.3. The zero-order valence-electron chi connectivity index (χ0n) is 17.0. The molecular formula is C23H17BrClN3O3S. The maximum atomic E-state index is 11.9. The molecule has 0 saturated carbocycles.